The molecular weight excluding hydrogens is 668 g/mol. The van der Waals surface area contributed by atoms with E-state index in [0.29, 0.717) is 63.5 Å². The summed E-state index contributed by atoms with van der Waals surface area (Å²) in [6.07, 6.45) is -5.94. The molecule has 3 aliphatic rings. The third kappa shape index (κ3) is 8.01. The fourth-order valence-electron chi connectivity index (χ4n) is 7.04. The Morgan fingerprint density at radius 1 is 0.706 bits per heavy atom. The van der Waals surface area contributed by atoms with E-state index >= 15 is 0 Å². The highest BCUT2D eigenvalue weighted by molar-refractivity contribution is 5.92. The van der Waals surface area contributed by atoms with Gasteiger partial charge in [0.05, 0.1) is 36.5 Å². The van der Waals surface area contributed by atoms with Crippen LogP contribution in [0.4, 0.5) is 0 Å². The smallest absolute Gasteiger partial charge is 0.229 e. The first-order valence-corrected chi connectivity index (χ1v) is 17.3. The van der Waals surface area contributed by atoms with Gasteiger partial charge in [-0.25, -0.2) is 0 Å². The highest BCUT2D eigenvalue weighted by Gasteiger charge is 2.44. The third-order valence-electron chi connectivity index (χ3n) is 10.2. The van der Waals surface area contributed by atoms with Crippen LogP contribution in [0.25, 0.3) is 22.1 Å². The Bertz CT molecular complexity index is 1670. The second kappa shape index (κ2) is 16.5. The average Bonchev–Trinajstić information content (AvgIpc) is 3.14. The van der Waals surface area contributed by atoms with Gasteiger partial charge in [-0.15, -0.1) is 0 Å². The molecule has 0 unspecified atom stereocenters. The molecule has 0 aliphatic carbocycles. The van der Waals surface area contributed by atoms with Crippen molar-refractivity contribution in [1.82, 2.24) is 19.6 Å². The molecule has 3 aliphatic heterocycles. The molecule has 6 rings (SSSR count). The summed E-state index contributed by atoms with van der Waals surface area (Å²) in [5.41, 5.74) is 0.811. The number of aliphatic hydroxyl groups is 6. The van der Waals surface area contributed by atoms with Crippen molar-refractivity contribution < 1.29 is 54.7 Å². The van der Waals surface area contributed by atoms with Gasteiger partial charge in [0, 0.05) is 78.5 Å². The van der Waals surface area contributed by atoms with Gasteiger partial charge in [-0.05, 0) is 17.7 Å². The van der Waals surface area contributed by atoms with Crippen LogP contribution in [0.15, 0.2) is 39.7 Å². The summed E-state index contributed by atoms with van der Waals surface area (Å²) in [4.78, 5) is 22.7. The first kappa shape index (κ1) is 37.4. The molecule has 16 heteroatoms. The number of phenols is 2. The molecule has 0 amide bonds. The van der Waals surface area contributed by atoms with Gasteiger partial charge >= 0.3 is 0 Å². The zero-order chi connectivity index (χ0) is 36.2. The highest BCUT2D eigenvalue weighted by Crippen LogP contribution is 2.41. The number of phenolic OH excluding ortho intramolecular Hbond substituents is 2. The quantitative estimate of drug-likeness (QED) is 0.104. The van der Waals surface area contributed by atoms with Gasteiger partial charge in [-0.3, -0.25) is 24.4 Å². The number of rotatable bonds is 12. The van der Waals surface area contributed by atoms with E-state index in [0.717, 1.165) is 13.1 Å². The van der Waals surface area contributed by atoms with Crippen molar-refractivity contribution in [3.05, 3.63) is 51.9 Å². The Morgan fingerprint density at radius 3 is 1.80 bits per heavy atom. The van der Waals surface area contributed by atoms with Crippen LogP contribution in [0.3, 0.4) is 0 Å². The summed E-state index contributed by atoms with van der Waals surface area (Å²) in [6.45, 7) is 6.67. The number of aromatic hydroxyl groups is 2. The van der Waals surface area contributed by atoms with Gasteiger partial charge in [0.1, 0.15) is 58.9 Å². The molecule has 51 heavy (non-hydrogen) atoms. The third-order valence-corrected chi connectivity index (χ3v) is 10.2. The maximum atomic E-state index is 14.2. The number of hydrogen-bond acceptors (Lipinski definition) is 16. The first-order valence-electron chi connectivity index (χ1n) is 17.3. The molecule has 0 radical (unpaired) electrons. The number of β-amino-alcohol motifs (C(OH)–C–C–N with tert-alkyl or cyclic N) is 2. The van der Waals surface area contributed by atoms with Gasteiger partial charge in [0.2, 0.25) is 11.7 Å². The number of benzene rings is 2. The number of hydrogen-bond donors (Lipinski definition) is 8. The normalized spacial score (nSPS) is 25.8. The fraction of sp³-hybridized carbons (Fsp3) is 0.571. The molecule has 0 saturated carbocycles. The highest BCUT2D eigenvalue weighted by atomic mass is 16.7. The Morgan fingerprint density at radius 2 is 1.25 bits per heavy atom. The van der Waals surface area contributed by atoms with Gasteiger partial charge < -0.3 is 54.7 Å². The monoisotopic (exact) mass is 716 g/mol. The lowest BCUT2D eigenvalue weighted by Gasteiger charge is -2.39. The summed E-state index contributed by atoms with van der Waals surface area (Å²) in [6, 6.07) is 6.19. The van der Waals surface area contributed by atoms with Crippen molar-refractivity contribution in [1.29, 1.82) is 0 Å². The van der Waals surface area contributed by atoms with Gasteiger partial charge in [-0.2, -0.15) is 0 Å². The van der Waals surface area contributed by atoms with Crippen LogP contribution in [0.5, 0.6) is 17.2 Å². The minimum Gasteiger partial charge on any atom is -0.507 e. The number of nitrogens with zero attached hydrogens (tertiary/aromatic N) is 4. The summed E-state index contributed by atoms with van der Waals surface area (Å²) in [7, 11) is 0. The largest absolute Gasteiger partial charge is 0.507 e. The Labute approximate surface area is 294 Å². The molecule has 0 bridgehead atoms. The fourth-order valence-corrected chi connectivity index (χ4v) is 7.04. The average molecular weight is 717 g/mol. The van der Waals surface area contributed by atoms with Crippen LogP contribution in [-0.2, 0) is 17.8 Å². The Hall–Kier alpha value is -3.39. The van der Waals surface area contributed by atoms with E-state index in [1.165, 1.54) is 18.4 Å². The maximum absolute atomic E-state index is 14.2. The predicted molar refractivity (Wildman–Crippen MR) is 183 cm³/mol. The molecule has 3 saturated heterocycles. The zero-order valence-electron chi connectivity index (χ0n) is 28.4. The maximum Gasteiger partial charge on any atom is 0.229 e. The number of fused-ring (bicyclic) bond motifs is 1. The number of ether oxygens (including phenoxy) is 2. The topological polar surface area (TPSA) is 223 Å². The van der Waals surface area contributed by atoms with E-state index in [2.05, 4.69) is 19.6 Å². The predicted octanol–water partition coefficient (Wildman–Crippen LogP) is -1.73. The molecule has 5 atom stereocenters. The minimum absolute atomic E-state index is 0.0465. The van der Waals surface area contributed by atoms with Gasteiger partial charge in [0.15, 0.2) is 0 Å². The molecule has 4 heterocycles. The van der Waals surface area contributed by atoms with Gasteiger partial charge in [-0.1, -0.05) is 12.1 Å². The van der Waals surface area contributed by atoms with E-state index in [1.54, 1.807) is 12.1 Å². The van der Waals surface area contributed by atoms with Crippen molar-refractivity contribution in [2.75, 3.05) is 85.3 Å². The number of piperazine rings is 2. The Kier molecular flexibility index (Phi) is 12.1. The van der Waals surface area contributed by atoms with Crippen molar-refractivity contribution in [2.24, 2.45) is 0 Å². The molecule has 2 aromatic carbocycles. The van der Waals surface area contributed by atoms with Crippen LogP contribution in [0.1, 0.15) is 11.1 Å². The SMILES string of the molecule is O=c1c(-c2ccc(O[C@@H]3O[C@H](CO)[C@@H](O)[C@H](O)[C@H]3O)cc2)coc2c(CN3CCN(CCO)CC3)c(O)c(CN3CCN(CCO)CC3)c(O)c12. The van der Waals surface area contributed by atoms with E-state index in [-0.39, 0.29) is 65.6 Å². The lowest BCUT2D eigenvalue weighted by atomic mass is 9.98. The summed E-state index contributed by atoms with van der Waals surface area (Å²) in [5, 5.41) is 81.9. The molecule has 1 aromatic heterocycles. The van der Waals surface area contributed by atoms with E-state index < -0.39 is 42.7 Å². The molecule has 8 N–H and O–H groups in total. The summed E-state index contributed by atoms with van der Waals surface area (Å²) < 4.78 is 17.2. The van der Waals surface area contributed by atoms with Crippen molar-refractivity contribution in [2.45, 2.75) is 43.8 Å². The standard InChI is InChI=1S/C35H48N4O12/c40-15-13-36-5-9-38(10-6-36)17-23-28(43)24(18-39-11-7-37(8-12-39)14-16-41)34-27(29(23)44)30(45)25(20-49-34)21-1-3-22(4-2-21)50-35-33(48)32(47)31(46)26(19-42)51-35/h1-4,20,26,31-33,35,40-44,46-48H,5-19H2/t26-,31-,32+,33-,35-/m1/s1. The second-order valence-electron chi connectivity index (χ2n) is 13.4. The second-order valence-corrected chi connectivity index (χ2v) is 13.4. The molecule has 3 aromatic rings. The van der Waals surface area contributed by atoms with Crippen molar-refractivity contribution >= 4 is 11.0 Å². The lowest BCUT2D eigenvalue weighted by molar-refractivity contribution is -0.277. The van der Waals surface area contributed by atoms with E-state index in [9.17, 15) is 45.6 Å². The molecule has 3 fully saturated rings. The van der Waals surface area contributed by atoms with Crippen molar-refractivity contribution in [3.63, 3.8) is 0 Å². The summed E-state index contributed by atoms with van der Waals surface area (Å²) >= 11 is 0. The van der Waals surface area contributed by atoms with Crippen LogP contribution < -0.4 is 10.2 Å². The molecule has 16 nitrogen and oxygen atoms in total. The van der Waals surface area contributed by atoms with E-state index in [4.69, 9.17) is 13.9 Å². The molecule has 280 valence electrons. The van der Waals surface area contributed by atoms with Crippen LogP contribution >= 0.6 is 0 Å². The zero-order valence-corrected chi connectivity index (χ0v) is 28.4. The minimum atomic E-state index is -1.60. The van der Waals surface area contributed by atoms with Crippen LogP contribution in [0.2, 0.25) is 0 Å². The van der Waals surface area contributed by atoms with Gasteiger partial charge in [0.25, 0.3) is 0 Å². The van der Waals surface area contributed by atoms with E-state index in [1.807, 2.05) is 0 Å². The Balaban J connectivity index is 1.30. The number of aliphatic hydroxyl groups excluding tert-OH is 6. The molecular formula is C35H48N4O12. The first-order chi connectivity index (χ1) is 24.6. The lowest BCUT2D eigenvalue weighted by Crippen LogP contribution is -2.60. The summed E-state index contributed by atoms with van der Waals surface area (Å²) in [5.74, 6) is -0.264. The molecule has 0 spiro atoms. The van der Waals surface area contributed by atoms with Crippen molar-refractivity contribution in [3.8, 4) is 28.4 Å². The van der Waals surface area contributed by atoms with Crippen LogP contribution in [-0.4, -0.2) is 176 Å². The van der Waals surface area contributed by atoms with Crippen LogP contribution in [0, 0.1) is 0 Å².